The lowest BCUT2D eigenvalue weighted by atomic mass is 10.2. The number of hydrogen-bond donors (Lipinski definition) is 1. The number of nitrogens with zero attached hydrogens (tertiary/aromatic N) is 1. The monoisotopic (exact) mass is 314 g/mol. The molecule has 5 heteroatoms. The van der Waals surface area contributed by atoms with E-state index >= 15 is 0 Å². The van der Waals surface area contributed by atoms with Crippen molar-refractivity contribution in [1.82, 2.24) is 4.98 Å². The Kier molecular flexibility index (Phi) is 4.40. The highest BCUT2D eigenvalue weighted by atomic mass is 79.9. The number of rotatable bonds is 4. The quantitative estimate of drug-likeness (QED) is 0.875. The van der Waals surface area contributed by atoms with Gasteiger partial charge in [-0.05, 0) is 50.5 Å². The van der Waals surface area contributed by atoms with Crippen molar-refractivity contribution in [3.8, 4) is 0 Å². The molecule has 2 aromatic heterocycles. The smallest absolute Gasteiger partial charge is 0.0967 e. The molecular formula is C11H11BrN2S2. The van der Waals surface area contributed by atoms with E-state index in [0.29, 0.717) is 11.8 Å². The summed E-state index contributed by atoms with van der Waals surface area (Å²) in [6.07, 6.45) is 1.81. The van der Waals surface area contributed by atoms with Crippen molar-refractivity contribution >= 4 is 39.0 Å². The van der Waals surface area contributed by atoms with Crippen LogP contribution in [-0.2, 0) is 0 Å². The minimum absolute atomic E-state index is 0.292. The number of pyridine rings is 1. The second kappa shape index (κ2) is 5.82. The Balaban J connectivity index is 2.10. The molecule has 0 aliphatic heterocycles. The van der Waals surface area contributed by atoms with E-state index in [1.165, 1.54) is 5.56 Å². The molecule has 2 aromatic rings. The lowest BCUT2D eigenvalue weighted by Crippen LogP contribution is -2.08. The predicted molar refractivity (Wildman–Crippen MR) is 73.9 cm³/mol. The van der Waals surface area contributed by atoms with Gasteiger partial charge in [-0.3, -0.25) is 0 Å². The Hall–Kier alpha value is -0.360. The molecule has 0 aliphatic rings. The van der Waals surface area contributed by atoms with Crippen LogP contribution in [0.3, 0.4) is 0 Å². The van der Waals surface area contributed by atoms with E-state index in [0.717, 1.165) is 9.50 Å². The van der Waals surface area contributed by atoms with Gasteiger partial charge < -0.3 is 5.73 Å². The summed E-state index contributed by atoms with van der Waals surface area (Å²) < 4.78 is 0.997. The number of thioether (sulfide) groups is 1. The summed E-state index contributed by atoms with van der Waals surface area (Å²) in [5, 5.41) is 5.52. The van der Waals surface area contributed by atoms with Crippen molar-refractivity contribution in [2.45, 2.75) is 10.3 Å². The largest absolute Gasteiger partial charge is 0.329 e. The lowest BCUT2D eigenvalue weighted by Gasteiger charge is -2.11. The third-order valence-electron chi connectivity index (χ3n) is 2.09. The van der Waals surface area contributed by atoms with Gasteiger partial charge in [0.15, 0.2) is 0 Å². The highest BCUT2D eigenvalue weighted by Gasteiger charge is 2.12. The van der Waals surface area contributed by atoms with Gasteiger partial charge in [-0.25, -0.2) is 4.98 Å². The molecule has 0 amide bonds. The second-order valence-corrected chi connectivity index (χ2v) is 6.13. The van der Waals surface area contributed by atoms with Crippen LogP contribution in [0.5, 0.6) is 0 Å². The first kappa shape index (κ1) is 12.1. The summed E-state index contributed by atoms with van der Waals surface area (Å²) in [6.45, 7) is 0.624. The Bertz CT molecular complexity index is 428. The average Bonchev–Trinajstić information content (AvgIpc) is 2.82. The number of nitrogens with two attached hydrogens (primary N) is 1. The van der Waals surface area contributed by atoms with Crippen LogP contribution < -0.4 is 5.73 Å². The highest BCUT2D eigenvalue weighted by molar-refractivity contribution is 9.10. The number of aromatic nitrogens is 1. The molecule has 2 rings (SSSR count). The zero-order chi connectivity index (χ0) is 11.4. The van der Waals surface area contributed by atoms with E-state index in [9.17, 15) is 0 Å². The fraction of sp³-hybridized carbons (Fsp3) is 0.182. The summed E-state index contributed by atoms with van der Waals surface area (Å²) >= 11 is 6.78. The summed E-state index contributed by atoms with van der Waals surface area (Å²) in [7, 11) is 0. The predicted octanol–water partition coefficient (Wildman–Crippen LogP) is 3.70. The molecule has 1 atom stereocenters. The Morgan fingerprint density at radius 1 is 1.44 bits per heavy atom. The lowest BCUT2D eigenvalue weighted by molar-refractivity contribution is 0.939. The van der Waals surface area contributed by atoms with Gasteiger partial charge in [0.2, 0.25) is 0 Å². The van der Waals surface area contributed by atoms with Crippen molar-refractivity contribution in [2.75, 3.05) is 6.54 Å². The van der Waals surface area contributed by atoms with Gasteiger partial charge in [0.25, 0.3) is 0 Å². The van der Waals surface area contributed by atoms with E-state index in [-0.39, 0.29) is 0 Å². The van der Waals surface area contributed by atoms with E-state index < -0.39 is 0 Å². The molecule has 84 valence electrons. The Morgan fingerprint density at radius 2 is 2.31 bits per heavy atom. The molecule has 0 radical (unpaired) electrons. The van der Waals surface area contributed by atoms with Gasteiger partial charge in [0.1, 0.15) is 0 Å². The van der Waals surface area contributed by atoms with Crippen LogP contribution in [0.25, 0.3) is 0 Å². The molecule has 2 N–H and O–H groups in total. The van der Waals surface area contributed by atoms with Crippen LogP contribution in [0.1, 0.15) is 10.8 Å². The first-order valence-corrected chi connectivity index (χ1v) is 7.41. The molecule has 0 saturated heterocycles. The van der Waals surface area contributed by atoms with Gasteiger partial charge in [0, 0.05) is 22.5 Å². The molecule has 2 nitrogen and oxygen atoms in total. The molecule has 0 bridgehead atoms. The van der Waals surface area contributed by atoms with E-state index in [4.69, 9.17) is 5.73 Å². The van der Waals surface area contributed by atoms with E-state index in [1.807, 2.05) is 18.3 Å². The molecule has 2 heterocycles. The zero-order valence-corrected chi connectivity index (χ0v) is 11.7. The van der Waals surface area contributed by atoms with E-state index in [2.05, 4.69) is 37.7 Å². The average molecular weight is 315 g/mol. The molecule has 0 aliphatic carbocycles. The van der Waals surface area contributed by atoms with Gasteiger partial charge in [-0.2, -0.15) is 11.3 Å². The number of hydrogen-bond acceptors (Lipinski definition) is 4. The third-order valence-corrected chi connectivity index (χ3v) is 4.49. The minimum Gasteiger partial charge on any atom is -0.329 e. The standard InChI is InChI=1S/C11H11BrN2S2/c12-9-1-2-11(14-6-9)16-10(5-13)8-3-4-15-7-8/h1-4,6-7,10H,5,13H2. The number of thiophene rings is 1. The zero-order valence-electron chi connectivity index (χ0n) is 8.47. The van der Waals surface area contributed by atoms with Gasteiger partial charge in [-0.1, -0.05) is 11.8 Å². The molecule has 0 aromatic carbocycles. The maximum absolute atomic E-state index is 5.79. The van der Waals surface area contributed by atoms with Gasteiger partial charge in [0.05, 0.1) is 5.03 Å². The van der Waals surface area contributed by atoms with Gasteiger partial charge in [-0.15, -0.1) is 0 Å². The van der Waals surface area contributed by atoms with Crippen LogP contribution in [0.4, 0.5) is 0 Å². The fourth-order valence-corrected chi connectivity index (χ4v) is 3.25. The Morgan fingerprint density at radius 3 is 2.88 bits per heavy atom. The molecule has 1 unspecified atom stereocenters. The molecule has 0 saturated carbocycles. The second-order valence-electron chi connectivity index (χ2n) is 3.21. The molecular weight excluding hydrogens is 304 g/mol. The first-order valence-electron chi connectivity index (χ1n) is 4.80. The fourth-order valence-electron chi connectivity index (χ4n) is 1.29. The van der Waals surface area contributed by atoms with Crippen molar-refractivity contribution in [3.63, 3.8) is 0 Å². The van der Waals surface area contributed by atoms with Crippen LogP contribution in [0.2, 0.25) is 0 Å². The van der Waals surface area contributed by atoms with Crippen LogP contribution in [0, 0.1) is 0 Å². The van der Waals surface area contributed by atoms with E-state index in [1.54, 1.807) is 23.1 Å². The summed E-state index contributed by atoms with van der Waals surface area (Å²) in [4.78, 5) is 4.34. The van der Waals surface area contributed by atoms with Crippen molar-refractivity contribution in [2.24, 2.45) is 5.73 Å². The summed E-state index contributed by atoms with van der Waals surface area (Å²) in [5.41, 5.74) is 7.07. The Labute approximate surface area is 111 Å². The highest BCUT2D eigenvalue weighted by Crippen LogP contribution is 2.34. The van der Waals surface area contributed by atoms with Crippen molar-refractivity contribution in [3.05, 3.63) is 45.2 Å². The molecule has 16 heavy (non-hydrogen) atoms. The third kappa shape index (κ3) is 3.07. The van der Waals surface area contributed by atoms with Crippen molar-refractivity contribution < 1.29 is 0 Å². The molecule has 0 spiro atoms. The van der Waals surface area contributed by atoms with Crippen LogP contribution in [0.15, 0.2) is 44.7 Å². The van der Waals surface area contributed by atoms with Crippen LogP contribution in [-0.4, -0.2) is 11.5 Å². The van der Waals surface area contributed by atoms with Gasteiger partial charge >= 0.3 is 0 Å². The maximum atomic E-state index is 5.79. The normalized spacial score (nSPS) is 12.6. The molecule has 0 fully saturated rings. The minimum atomic E-state index is 0.292. The topological polar surface area (TPSA) is 38.9 Å². The van der Waals surface area contributed by atoms with Crippen molar-refractivity contribution in [1.29, 1.82) is 0 Å². The number of halogens is 1. The SMILES string of the molecule is NCC(Sc1ccc(Br)cn1)c1ccsc1. The first-order chi connectivity index (χ1) is 7.79. The summed E-state index contributed by atoms with van der Waals surface area (Å²) in [6, 6.07) is 6.12. The summed E-state index contributed by atoms with van der Waals surface area (Å²) in [5.74, 6) is 0. The van der Waals surface area contributed by atoms with Crippen LogP contribution >= 0.6 is 39.0 Å². The maximum Gasteiger partial charge on any atom is 0.0967 e.